The number of piperidine rings is 1. The second kappa shape index (κ2) is 5.10. The third-order valence-corrected chi connectivity index (χ3v) is 3.98. The van der Waals surface area contributed by atoms with Gasteiger partial charge in [-0.2, -0.15) is 0 Å². The molecule has 0 unspecified atom stereocenters. The SMILES string of the molecule is Cc1cc(N2CCC(C)(O)CC2)c([C@H](C)N)cc1F. The van der Waals surface area contributed by atoms with E-state index in [1.807, 2.05) is 19.9 Å². The number of hydrogen-bond acceptors (Lipinski definition) is 3. The molecule has 1 heterocycles. The first-order chi connectivity index (χ1) is 8.80. The molecule has 0 amide bonds. The normalized spacial score (nSPS) is 20.4. The van der Waals surface area contributed by atoms with Gasteiger partial charge in [0.1, 0.15) is 5.82 Å². The van der Waals surface area contributed by atoms with Crippen molar-refractivity contribution in [2.45, 2.75) is 45.3 Å². The van der Waals surface area contributed by atoms with Crippen molar-refractivity contribution < 1.29 is 9.50 Å². The summed E-state index contributed by atoms with van der Waals surface area (Å²) in [7, 11) is 0. The van der Waals surface area contributed by atoms with E-state index in [1.54, 1.807) is 13.0 Å². The molecular weight excluding hydrogens is 243 g/mol. The largest absolute Gasteiger partial charge is 0.390 e. The highest BCUT2D eigenvalue weighted by molar-refractivity contribution is 5.57. The van der Waals surface area contributed by atoms with Crippen LogP contribution < -0.4 is 10.6 Å². The van der Waals surface area contributed by atoms with Gasteiger partial charge in [0.15, 0.2) is 0 Å². The van der Waals surface area contributed by atoms with Crippen LogP contribution in [0.5, 0.6) is 0 Å². The van der Waals surface area contributed by atoms with Gasteiger partial charge >= 0.3 is 0 Å². The minimum atomic E-state index is -0.583. The van der Waals surface area contributed by atoms with Crippen LogP contribution in [0.1, 0.15) is 43.9 Å². The monoisotopic (exact) mass is 266 g/mol. The fourth-order valence-electron chi connectivity index (χ4n) is 2.55. The lowest BCUT2D eigenvalue weighted by Gasteiger charge is -2.38. The molecule has 0 spiro atoms. The zero-order chi connectivity index (χ0) is 14.2. The van der Waals surface area contributed by atoms with Gasteiger partial charge in [-0.05, 0) is 56.9 Å². The van der Waals surface area contributed by atoms with Crippen molar-refractivity contribution in [2.75, 3.05) is 18.0 Å². The van der Waals surface area contributed by atoms with E-state index in [0.717, 1.165) is 37.2 Å². The van der Waals surface area contributed by atoms with Gasteiger partial charge in [-0.25, -0.2) is 4.39 Å². The van der Waals surface area contributed by atoms with Crippen molar-refractivity contribution in [2.24, 2.45) is 5.73 Å². The molecule has 4 heteroatoms. The number of anilines is 1. The molecule has 0 radical (unpaired) electrons. The van der Waals surface area contributed by atoms with Crippen molar-refractivity contribution >= 4 is 5.69 Å². The van der Waals surface area contributed by atoms with Gasteiger partial charge in [0.25, 0.3) is 0 Å². The van der Waals surface area contributed by atoms with E-state index in [2.05, 4.69) is 4.90 Å². The highest BCUT2D eigenvalue weighted by Crippen LogP contribution is 2.32. The Morgan fingerprint density at radius 3 is 2.47 bits per heavy atom. The van der Waals surface area contributed by atoms with Crippen LogP contribution in [-0.2, 0) is 0 Å². The van der Waals surface area contributed by atoms with Crippen LogP contribution >= 0.6 is 0 Å². The predicted molar refractivity (Wildman–Crippen MR) is 75.8 cm³/mol. The van der Waals surface area contributed by atoms with Crippen LogP contribution in [-0.4, -0.2) is 23.8 Å². The Morgan fingerprint density at radius 1 is 1.37 bits per heavy atom. The summed E-state index contributed by atoms with van der Waals surface area (Å²) in [4.78, 5) is 2.20. The van der Waals surface area contributed by atoms with E-state index >= 15 is 0 Å². The summed E-state index contributed by atoms with van der Waals surface area (Å²) in [5, 5.41) is 10.0. The maximum absolute atomic E-state index is 13.7. The van der Waals surface area contributed by atoms with E-state index in [1.165, 1.54) is 0 Å². The number of nitrogens with two attached hydrogens (primary N) is 1. The highest BCUT2D eigenvalue weighted by atomic mass is 19.1. The molecule has 3 N–H and O–H groups in total. The predicted octanol–water partition coefficient (Wildman–Crippen LogP) is 2.51. The molecule has 1 aliphatic rings. The van der Waals surface area contributed by atoms with Crippen LogP contribution in [0.3, 0.4) is 0 Å². The Hall–Kier alpha value is -1.13. The lowest BCUT2D eigenvalue weighted by molar-refractivity contribution is 0.0351. The van der Waals surface area contributed by atoms with Crippen molar-refractivity contribution in [3.05, 3.63) is 29.1 Å². The number of aryl methyl sites for hydroxylation is 1. The molecular formula is C15H23FN2O. The molecule has 1 aromatic carbocycles. The molecule has 3 nitrogen and oxygen atoms in total. The molecule has 1 saturated heterocycles. The van der Waals surface area contributed by atoms with Crippen LogP contribution in [0, 0.1) is 12.7 Å². The zero-order valence-corrected chi connectivity index (χ0v) is 11.9. The molecule has 0 bridgehead atoms. The number of nitrogens with zero attached hydrogens (tertiary/aromatic N) is 1. The van der Waals surface area contributed by atoms with Crippen molar-refractivity contribution in [1.29, 1.82) is 0 Å². The Balaban J connectivity index is 2.31. The number of aliphatic hydroxyl groups is 1. The topological polar surface area (TPSA) is 49.5 Å². The number of benzene rings is 1. The van der Waals surface area contributed by atoms with E-state index in [9.17, 15) is 9.50 Å². The standard InChI is InChI=1S/C15H23FN2O/c1-10-8-14(12(11(2)17)9-13(10)16)18-6-4-15(3,19)5-7-18/h8-9,11,19H,4-7,17H2,1-3H3/t11-/m0/s1. The van der Waals surface area contributed by atoms with Crippen molar-refractivity contribution in [3.63, 3.8) is 0 Å². The molecule has 0 saturated carbocycles. The van der Waals surface area contributed by atoms with Gasteiger partial charge in [0, 0.05) is 24.8 Å². The fourth-order valence-corrected chi connectivity index (χ4v) is 2.55. The maximum atomic E-state index is 13.7. The lowest BCUT2D eigenvalue weighted by Crippen LogP contribution is -2.43. The minimum Gasteiger partial charge on any atom is -0.390 e. The van der Waals surface area contributed by atoms with E-state index < -0.39 is 5.60 Å². The van der Waals surface area contributed by atoms with Crippen LogP contribution in [0.2, 0.25) is 0 Å². The average Bonchev–Trinajstić information content (AvgIpc) is 2.32. The van der Waals surface area contributed by atoms with Gasteiger partial charge in [-0.1, -0.05) is 0 Å². The van der Waals surface area contributed by atoms with Gasteiger partial charge in [-0.15, -0.1) is 0 Å². The fraction of sp³-hybridized carbons (Fsp3) is 0.600. The first kappa shape index (κ1) is 14.3. The molecule has 2 rings (SSSR count). The first-order valence-corrected chi connectivity index (χ1v) is 6.83. The third kappa shape index (κ3) is 3.07. The molecule has 19 heavy (non-hydrogen) atoms. The second-order valence-corrected chi connectivity index (χ2v) is 5.93. The Labute approximate surface area is 114 Å². The Bertz CT molecular complexity index is 461. The summed E-state index contributed by atoms with van der Waals surface area (Å²) in [5.41, 5.74) is 7.85. The van der Waals surface area contributed by atoms with Crippen molar-refractivity contribution in [1.82, 2.24) is 0 Å². The van der Waals surface area contributed by atoms with Crippen LogP contribution in [0.25, 0.3) is 0 Å². The van der Waals surface area contributed by atoms with E-state index in [-0.39, 0.29) is 11.9 Å². The highest BCUT2D eigenvalue weighted by Gasteiger charge is 2.28. The van der Waals surface area contributed by atoms with Gasteiger partial charge in [0.2, 0.25) is 0 Å². The zero-order valence-electron chi connectivity index (χ0n) is 11.9. The van der Waals surface area contributed by atoms with Crippen LogP contribution in [0.4, 0.5) is 10.1 Å². The average molecular weight is 266 g/mol. The Kier molecular flexibility index (Phi) is 3.83. The quantitative estimate of drug-likeness (QED) is 0.864. The summed E-state index contributed by atoms with van der Waals surface area (Å²) in [6.07, 6.45) is 1.45. The summed E-state index contributed by atoms with van der Waals surface area (Å²) in [6.45, 7) is 7.06. The number of halogens is 1. The number of rotatable bonds is 2. The molecule has 1 fully saturated rings. The lowest BCUT2D eigenvalue weighted by atomic mass is 9.92. The van der Waals surface area contributed by atoms with Crippen molar-refractivity contribution in [3.8, 4) is 0 Å². The van der Waals surface area contributed by atoms with Gasteiger partial charge in [-0.3, -0.25) is 0 Å². The summed E-state index contributed by atoms with van der Waals surface area (Å²) >= 11 is 0. The summed E-state index contributed by atoms with van der Waals surface area (Å²) < 4.78 is 13.7. The number of hydrogen-bond donors (Lipinski definition) is 2. The molecule has 1 aromatic rings. The molecule has 1 atom stereocenters. The van der Waals surface area contributed by atoms with Gasteiger partial charge in [0.05, 0.1) is 5.60 Å². The molecule has 0 aromatic heterocycles. The maximum Gasteiger partial charge on any atom is 0.126 e. The van der Waals surface area contributed by atoms with E-state index in [4.69, 9.17) is 5.73 Å². The van der Waals surface area contributed by atoms with Crippen LogP contribution in [0.15, 0.2) is 12.1 Å². The molecule has 106 valence electrons. The first-order valence-electron chi connectivity index (χ1n) is 6.83. The van der Waals surface area contributed by atoms with Gasteiger partial charge < -0.3 is 15.7 Å². The Morgan fingerprint density at radius 2 is 1.95 bits per heavy atom. The smallest absolute Gasteiger partial charge is 0.126 e. The summed E-state index contributed by atoms with van der Waals surface area (Å²) in [6, 6.07) is 3.21. The summed E-state index contributed by atoms with van der Waals surface area (Å²) in [5.74, 6) is -0.208. The molecule has 0 aliphatic carbocycles. The third-order valence-electron chi connectivity index (χ3n) is 3.98. The molecule has 1 aliphatic heterocycles. The van der Waals surface area contributed by atoms with E-state index in [0.29, 0.717) is 5.56 Å². The second-order valence-electron chi connectivity index (χ2n) is 5.93. The minimum absolute atomic E-state index is 0.201.